The van der Waals surface area contributed by atoms with Gasteiger partial charge in [0, 0.05) is 30.3 Å². The molecule has 2 aliphatic rings. The molecule has 0 bridgehead atoms. The van der Waals surface area contributed by atoms with Crippen LogP contribution in [0.2, 0.25) is 0 Å². The van der Waals surface area contributed by atoms with Crippen LogP contribution in [-0.4, -0.2) is 35.1 Å². The summed E-state index contributed by atoms with van der Waals surface area (Å²) >= 11 is 0. The minimum atomic E-state index is -6.10. The lowest BCUT2D eigenvalue weighted by Gasteiger charge is -2.35. The van der Waals surface area contributed by atoms with Crippen molar-refractivity contribution in [3.63, 3.8) is 0 Å². The number of fused-ring (bicyclic) bond motifs is 3. The topological polar surface area (TPSA) is 29.0 Å². The average molecular weight is 419 g/mol. The van der Waals surface area contributed by atoms with E-state index in [2.05, 4.69) is 15.1 Å². The molecule has 156 valence electrons. The molecule has 2 heterocycles. The van der Waals surface area contributed by atoms with Crippen molar-refractivity contribution in [1.82, 2.24) is 10.2 Å². The molecule has 1 aliphatic heterocycles. The van der Waals surface area contributed by atoms with Gasteiger partial charge in [0.05, 0.1) is 0 Å². The van der Waals surface area contributed by atoms with Gasteiger partial charge in [0.2, 0.25) is 0 Å². The molecule has 0 spiro atoms. The van der Waals surface area contributed by atoms with Gasteiger partial charge in [-0.05, 0) is 42.5 Å². The number of nitrogens with zero attached hydrogens (tertiary/aromatic N) is 3. The maximum atomic E-state index is 14.4. The van der Waals surface area contributed by atoms with Crippen LogP contribution in [0.1, 0.15) is 35.4 Å². The molecule has 1 aromatic heterocycles. The predicted octanol–water partition coefficient (Wildman–Crippen LogP) is 5.07. The molecule has 2 aromatic rings. The summed E-state index contributed by atoms with van der Waals surface area (Å²) in [6.45, 7) is 0.646. The number of benzene rings is 1. The normalized spacial score (nSPS) is 22.4. The van der Waals surface area contributed by atoms with E-state index in [1.54, 1.807) is 18.3 Å². The lowest BCUT2D eigenvalue weighted by Crippen LogP contribution is -2.50. The Morgan fingerprint density at radius 3 is 2.28 bits per heavy atom. The second-order valence-corrected chi connectivity index (χ2v) is 7.34. The summed E-state index contributed by atoms with van der Waals surface area (Å²) in [5.74, 6) is 0.609. The van der Waals surface area contributed by atoms with Gasteiger partial charge in [-0.3, -0.25) is 0 Å². The van der Waals surface area contributed by atoms with Crippen LogP contribution in [0.4, 0.5) is 36.6 Å². The minimum Gasteiger partial charge on any atom is -0.351 e. The maximum absolute atomic E-state index is 14.4. The number of anilines is 1. The maximum Gasteiger partial charge on any atom is 0.435 e. The van der Waals surface area contributed by atoms with Gasteiger partial charge in [0.15, 0.2) is 5.82 Å². The monoisotopic (exact) mass is 419 g/mol. The molecular weight excluding hydrogens is 403 g/mol. The molecule has 0 saturated carbocycles. The van der Waals surface area contributed by atoms with Crippen molar-refractivity contribution in [3.05, 3.63) is 53.2 Å². The number of aromatic nitrogens is 2. The number of halogens is 7. The van der Waals surface area contributed by atoms with Crippen LogP contribution >= 0.6 is 0 Å². The van der Waals surface area contributed by atoms with Crippen LogP contribution in [0.3, 0.4) is 0 Å². The van der Waals surface area contributed by atoms with Crippen molar-refractivity contribution in [2.24, 2.45) is 0 Å². The fraction of sp³-hybridized carbons (Fsp3) is 0.474. The molecule has 4 rings (SSSR count). The van der Waals surface area contributed by atoms with E-state index in [1.807, 2.05) is 0 Å². The summed E-state index contributed by atoms with van der Waals surface area (Å²) in [6, 6.07) is 6.13. The Labute approximate surface area is 161 Å². The highest BCUT2D eigenvalue weighted by Crippen LogP contribution is 2.54. The zero-order chi connectivity index (χ0) is 21.0. The van der Waals surface area contributed by atoms with Gasteiger partial charge in [0.1, 0.15) is 0 Å². The molecule has 10 heteroatoms. The Kier molecular flexibility index (Phi) is 4.51. The third-order valence-electron chi connectivity index (χ3n) is 5.83. The van der Waals surface area contributed by atoms with E-state index in [0.717, 1.165) is 6.07 Å². The molecule has 1 saturated heterocycles. The van der Waals surface area contributed by atoms with Gasteiger partial charge >= 0.3 is 18.0 Å². The zero-order valence-corrected chi connectivity index (χ0v) is 14.9. The summed E-state index contributed by atoms with van der Waals surface area (Å²) in [4.78, 5) is 2.05. The van der Waals surface area contributed by atoms with Crippen molar-refractivity contribution in [1.29, 1.82) is 0 Å². The minimum absolute atomic E-state index is 0.0189. The highest BCUT2D eigenvalue weighted by Gasteiger charge is 2.73. The smallest absolute Gasteiger partial charge is 0.351 e. The zero-order valence-electron chi connectivity index (χ0n) is 14.9. The lowest BCUT2D eigenvalue weighted by atomic mass is 9.77. The molecule has 1 fully saturated rings. The molecular formula is C19H16F7N3. The fourth-order valence-electron chi connectivity index (χ4n) is 4.49. The van der Waals surface area contributed by atoms with E-state index in [1.165, 1.54) is 6.07 Å². The molecule has 2 atom stereocenters. The number of hydrogen-bond acceptors (Lipinski definition) is 3. The Hall–Kier alpha value is -2.39. The first-order chi connectivity index (χ1) is 13.5. The summed E-state index contributed by atoms with van der Waals surface area (Å²) < 4.78 is 92.7. The van der Waals surface area contributed by atoms with Crippen LogP contribution in [0.15, 0.2) is 36.5 Å². The quantitative estimate of drug-likeness (QED) is 0.637. The standard InChI is InChI=1S/C19H16F7N3/c20-17(18(21,22)23,19(24,25)26)12-4-5-13-11(10-12)3-6-15-14(13)7-9-29(15)16-2-1-8-27-28-16/h1-2,4-5,8,10,14-15H,3,6-7,9H2. The predicted molar refractivity (Wildman–Crippen MR) is 90.2 cm³/mol. The number of aryl methyl sites for hydroxylation is 1. The Morgan fingerprint density at radius 1 is 0.931 bits per heavy atom. The van der Waals surface area contributed by atoms with Gasteiger partial charge in [-0.15, -0.1) is 5.10 Å². The van der Waals surface area contributed by atoms with Crippen LogP contribution in [0, 0.1) is 0 Å². The average Bonchev–Trinajstić information content (AvgIpc) is 3.10. The van der Waals surface area contributed by atoms with Crippen LogP contribution in [-0.2, 0) is 12.1 Å². The highest BCUT2D eigenvalue weighted by atomic mass is 19.4. The lowest BCUT2D eigenvalue weighted by molar-refractivity contribution is -0.348. The SMILES string of the molecule is FC(F)(F)C(F)(c1ccc2c(c1)CCC1C2CCN1c1cccnn1)C(F)(F)F. The molecule has 0 amide bonds. The van der Waals surface area contributed by atoms with Crippen LogP contribution in [0.5, 0.6) is 0 Å². The first-order valence-corrected chi connectivity index (χ1v) is 9.04. The summed E-state index contributed by atoms with van der Waals surface area (Å²) in [7, 11) is 0. The second-order valence-electron chi connectivity index (χ2n) is 7.34. The van der Waals surface area contributed by atoms with Gasteiger partial charge in [-0.25, -0.2) is 4.39 Å². The van der Waals surface area contributed by atoms with Gasteiger partial charge in [-0.1, -0.05) is 18.2 Å². The van der Waals surface area contributed by atoms with E-state index < -0.39 is 23.6 Å². The molecule has 3 nitrogen and oxygen atoms in total. The summed E-state index contributed by atoms with van der Waals surface area (Å²) in [5.41, 5.74) is -5.81. The van der Waals surface area contributed by atoms with Crippen molar-refractivity contribution in [2.45, 2.75) is 49.2 Å². The Balaban J connectivity index is 1.69. The number of rotatable bonds is 2. The van der Waals surface area contributed by atoms with E-state index in [-0.39, 0.29) is 18.4 Å². The van der Waals surface area contributed by atoms with Gasteiger partial charge < -0.3 is 4.90 Å². The molecule has 1 aromatic carbocycles. The van der Waals surface area contributed by atoms with E-state index in [9.17, 15) is 30.7 Å². The summed E-state index contributed by atoms with van der Waals surface area (Å²) in [6.07, 6.45) is -9.21. The largest absolute Gasteiger partial charge is 0.435 e. The Bertz CT molecular complexity index is 881. The van der Waals surface area contributed by atoms with Gasteiger partial charge in [0.25, 0.3) is 0 Å². The third kappa shape index (κ3) is 3.03. The van der Waals surface area contributed by atoms with Crippen molar-refractivity contribution < 1.29 is 30.7 Å². The molecule has 0 radical (unpaired) electrons. The highest BCUT2D eigenvalue weighted by molar-refractivity contribution is 5.48. The second kappa shape index (κ2) is 6.56. The molecule has 1 aliphatic carbocycles. The number of hydrogen-bond donors (Lipinski definition) is 0. The van der Waals surface area contributed by atoms with Crippen molar-refractivity contribution in [2.75, 3.05) is 11.4 Å². The third-order valence-corrected chi connectivity index (χ3v) is 5.83. The van der Waals surface area contributed by atoms with E-state index >= 15 is 0 Å². The summed E-state index contributed by atoms with van der Waals surface area (Å²) in [5, 5.41) is 7.93. The van der Waals surface area contributed by atoms with Crippen molar-refractivity contribution in [3.8, 4) is 0 Å². The van der Waals surface area contributed by atoms with Gasteiger partial charge in [-0.2, -0.15) is 31.4 Å². The molecule has 0 N–H and O–H groups in total. The van der Waals surface area contributed by atoms with E-state index in [4.69, 9.17) is 0 Å². The van der Waals surface area contributed by atoms with Crippen molar-refractivity contribution >= 4 is 5.82 Å². The van der Waals surface area contributed by atoms with Crippen LogP contribution in [0.25, 0.3) is 0 Å². The Morgan fingerprint density at radius 2 is 1.66 bits per heavy atom. The van der Waals surface area contributed by atoms with E-state index in [0.29, 0.717) is 42.4 Å². The fourth-order valence-corrected chi connectivity index (χ4v) is 4.49. The molecule has 2 unspecified atom stereocenters. The molecule has 29 heavy (non-hydrogen) atoms. The first-order valence-electron chi connectivity index (χ1n) is 9.04. The first kappa shape index (κ1) is 19.9. The number of alkyl halides is 7. The van der Waals surface area contributed by atoms with Crippen LogP contribution < -0.4 is 4.90 Å².